The molecular weight excluding hydrogens is 320 g/mol. The minimum absolute atomic E-state index is 0.0970. The summed E-state index contributed by atoms with van der Waals surface area (Å²) in [6.07, 6.45) is 0. The third-order valence-electron chi connectivity index (χ3n) is 3.27. The number of nitro benzene ring substituents is 1. The van der Waals surface area contributed by atoms with E-state index >= 15 is 0 Å². The minimum Gasteiger partial charge on any atom is -0.378 e. The zero-order valence-electron chi connectivity index (χ0n) is 11.6. The molecule has 0 atom stereocenters. The fourth-order valence-electron chi connectivity index (χ4n) is 2.21. The standard InChI is InChI=1S/C12H15ClN2O5S/c1-12(2)8-20-6-5-14(12)21(18,19)9-3-4-10(13)11(7-9)15(16)17/h3-4,7H,5-6,8H2,1-2H3. The van der Waals surface area contributed by atoms with E-state index in [-0.39, 0.29) is 23.1 Å². The molecule has 2 rings (SSSR count). The van der Waals surface area contributed by atoms with E-state index in [0.717, 1.165) is 6.07 Å². The number of rotatable bonds is 3. The van der Waals surface area contributed by atoms with E-state index in [2.05, 4.69) is 0 Å². The highest BCUT2D eigenvalue weighted by Gasteiger charge is 2.40. The van der Waals surface area contributed by atoms with Gasteiger partial charge in [-0.15, -0.1) is 0 Å². The van der Waals surface area contributed by atoms with Gasteiger partial charge in [0.15, 0.2) is 0 Å². The number of hydrogen-bond acceptors (Lipinski definition) is 5. The number of morpholine rings is 1. The number of benzene rings is 1. The Morgan fingerprint density at radius 1 is 1.43 bits per heavy atom. The molecule has 0 saturated carbocycles. The van der Waals surface area contributed by atoms with Crippen molar-refractivity contribution in [1.29, 1.82) is 0 Å². The van der Waals surface area contributed by atoms with Crippen LogP contribution in [0.15, 0.2) is 23.1 Å². The normalized spacial score (nSPS) is 19.4. The molecule has 1 saturated heterocycles. The molecule has 116 valence electrons. The van der Waals surface area contributed by atoms with Crippen molar-refractivity contribution in [1.82, 2.24) is 4.31 Å². The highest BCUT2D eigenvalue weighted by molar-refractivity contribution is 7.89. The molecule has 21 heavy (non-hydrogen) atoms. The maximum absolute atomic E-state index is 12.7. The van der Waals surface area contributed by atoms with Crippen LogP contribution in [0.3, 0.4) is 0 Å². The SMILES string of the molecule is CC1(C)COCCN1S(=O)(=O)c1ccc(Cl)c([N+](=O)[O-])c1. The lowest BCUT2D eigenvalue weighted by Crippen LogP contribution is -2.55. The highest BCUT2D eigenvalue weighted by Crippen LogP contribution is 2.32. The van der Waals surface area contributed by atoms with E-state index < -0.39 is 26.2 Å². The lowest BCUT2D eigenvalue weighted by atomic mass is 10.1. The Kier molecular flexibility index (Phi) is 4.25. The summed E-state index contributed by atoms with van der Waals surface area (Å²) < 4.78 is 32.0. The first-order valence-electron chi connectivity index (χ1n) is 6.21. The van der Waals surface area contributed by atoms with Gasteiger partial charge < -0.3 is 4.74 Å². The van der Waals surface area contributed by atoms with Gasteiger partial charge in [-0.25, -0.2) is 8.42 Å². The molecule has 0 unspecified atom stereocenters. The quantitative estimate of drug-likeness (QED) is 0.623. The fraction of sp³-hybridized carbons (Fsp3) is 0.500. The average molecular weight is 335 g/mol. The summed E-state index contributed by atoms with van der Waals surface area (Å²) in [4.78, 5) is 10.0. The minimum atomic E-state index is -3.85. The first-order chi connectivity index (χ1) is 9.66. The van der Waals surface area contributed by atoms with Crippen LogP contribution in [0.4, 0.5) is 5.69 Å². The van der Waals surface area contributed by atoms with Gasteiger partial charge in [-0.1, -0.05) is 11.6 Å². The molecule has 1 aliphatic rings. The van der Waals surface area contributed by atoms with Crippen molar-refractivity contribution in [3.8, 4) is 0 Å². The Labute approximate surface area is 127 Å². The van der Waals surface area contributed by atoms with Crippen LogP contribution < -0.4 is 0 Å². The molecule has 1 aliphatic heterocycles. The summed E-state index contributed by atoms with van der Waals surface area (Å²) in [5.74, 6) is 0. The van der Waals surface area contributed by atoms with Crippen molar-refractivity contribution in [2.24, 2.45) is 0 Å². The second kappa shape index (κ2) is 5.53. The number of sulfonamides is 1. The van der Waals surface area contributed by atoms with E-state index in [9.17, 15) is 18.5 Å². The predicted molar refractivity (Wildman–Crippen MR) is 76.9 cm³/mol. The molecule has 0 bridgehead atoms. The molecule has 7 nitrogen and oxygen atoms in total. The maximum Gasteiger partial charge on any atom is 0.289 e. The van der Waals surface area contributed by atoms with Crippen molar-refractivity contribution in [3.63, 3.8) is 0 Å². The van der Waals surface area contributed by atoms with Gasteiger partial charge in [-0.3, -0.25) is 10.1 Å². The second-order valence-corrected chi connectivity index (χ2v) is 7.58. The third kappa shape index (κ3) is 3.03. The van der Waals surface area contributed by atoms with E-state index in [4.69, 9.17) is 16.3 Å². The topological polar surface area (TPSA) is 89.8 Å². The third-order valence-corrected chi connectivity index (χ3v) is 5.70. The predicted octanol–water partition coefficient (Wildman–Crippen LogP) is 2.05. The summed E-state index contributed by atoms with van der Waals surface area (Å²) in [5.41, 5.74) is -1.14. The molecular formula is C12H15ClN2O5S. The molecule has 0 aromatic heterocycles. The maximum atomic E-state index is 12.7. The van der Waals surface area contributed by atoms with Crippen LogP contribution in [0, 0.1) is 10.1 Å². The monoisotopic (exact) mass is 334 g/mol. The van der Waals surface area contributed by atoms with Gasteiger partial charge in [-0.05, 0) is 26.0 Å². The van der Waals surface area contributed by atoms with Crippen LogP contribution in [0.2, 0.25) is 5.02 Å². The Morgan fingerprint density at radius 2 is 2.10 bits per heavy atom. The lowest BCUT2D eigenvalue weighted by molar-refractivity contribution is -0.384. The first kappa shape index (κ1) is 16.2. The van der Waals surface area contributed by atoms with Crippen LogP contribution in [0.25, 0.3) is 0 Å². The summed E-state index contributed by atoms with van der Waals surface area (Å²) in [6, 6.07) is 3.49. The van der Waals surface area contributed by atoms with Crippen LogP contribution in [-0.4, -0.2) is 42.9 Å². The largest absolute Gasteiger partial charge is 0.378 e. The number of nitrogens with zero attached hydrogens (tertiary/aromatic N) is 2. The molecule has 0 N–H and O–H groups in total. The van der Waals surface area contributed by atoms with Gasteiger partial charge in [0.1, 0.15) is 5.02 Å². The van der Waals surface area contributed by atoms with Gasteiger partial charge in [0.25, 0.3) is 5.69 Å². The Balaban J connectivity index is 2.49. The van der Waals surface area contributed by atoms with Gasteiger partial charge in [0.05, 0.1) is 28.6 Å². The average Bonchev–Trinajstić information content (AvgIpc) is 2.37. The van der Waals surface area contributed by atoms with E-state index in [1.54, 1.807) is 13.8 Å². The van der Waals surface area contributed by atoms with Crippen molar-refractivity contribution < 1.29 is 18.1 Å². The Morgan fingerprint density at radius 3 is 2.67 bits per heavy atom. The number of nitro groups is 1. The summed E-state index contributed by atoms with van der Waals surface area (Å²) >= 11 is 5.71. The zero-order valence-corrected chi connectivity index (χ0v) is 13.1. The number of ether oxygens (including phenoxy) is 1. The molecule has 0 amide bonds. The first-order valence-corrected chi connectivity index (χ1v) is 8.02. The molecule has 0 aliphatic carbocycles. The van der Waals surface area contributed by atoms with E-state index in [1.165, 1.54) is 16.4 Å². The summed E-state index contributed by atoms with van der Waals surface area (Å²) in [5, 5.41) is 10.8. The van der Waals surface area contributed by atoms with Gasteiger partial charge in [-0.2, -0.15) is 4.31 Å². The molecule has 9 heteroatoms. The summed E-state index contributed by atoms with van der Waals surface area (Å²) in [6.45, 7) is 4.24. The van der Waals surface area contributed by atoms with Crippen LogP contribution in [-0.2, 0) is 14.8 Å². The molecule has 1 heterocycles. The van der Waals surface area contributed by atoms with E-state index in [1.807, 2.05) is 0 Å². The highest BCUT2D eigenvalue weighted by atomic mass is 35.5. The molecule has 0 spiro atoms. The Hall–Kier alpha value is -1.22. The zero-order chi connectivity index (χ0) is 15.8. The molecule has 0 radical (unpaired) electrons. The lowest BCUT2D eigenvalue weighted by Gasteiger charge is -2.40. The fourth-order valence-corrected chi connectivity index (χ4v) is 4.17. The van der Waals surface area contributed by atoms with Gasteiger partial charge in [0, 0.05) is 12.6 Å². The number of halogens is 1. The van der Waals surface area contributed by atoms with Crippen molar-refractivity contribution in [2.75, 3.05) is 19.8 Å². The van der Waals surface area contributed by atoms with Crippen molar-refractivity contribution >= 4 is 27.3 Å². The Bertz CT molecular complexity index is 674. The molecule has 1 aromatic rings. The smallest absolute Gasteiger partial charge is 0.289 e. The van der Waals surface area contributed by atoms with Crippen LogP contribution in [0.1, 0.15) is 13.8 Å². The van der Waals surface area contributed by atoms with Crippen LogP contribution in [0.5, 0.6) is 0 Å². The summed E-state index contributed by atoms with van der Waals surface area (Å²) in [7, 11) is -3.85. The molecule has 1 fully saturated rings. The van der Waals surface area contributed by atoms with Gasteiger partial charge in [0.2, 0.25) is 10.0 Å². The number of hydrogen-bond donors (Lipinski definition) is 0. The second-order valence-electron chi connectivity index (χ2n) is 5.31. The van der Waals surface area contributed by atoms with Crippen molar-refractivity contribution in [2.45, 2.75) is 24.3 Å². The van der Waals surface area contributed by atoms with Crippen LogP contribution >= 0.6 is 11.6 Å². The molecule has 1 aromatic carbocycles. The van der Waals surface area contributed by atoms with Gasteiger partial charge >= 0.3 is 0 Å². The van der Waals surface area contributed by atoms with E-state index in [0.29, 0.717) is 6.61 Å². The van der Waals surface area contributed by atoms with Crippen molar-refractivity contribution in [3.05, 3.63) is 33.3 Å².